The van der Waals surface area contributed by atoms with Crippen molar-refractivity contribution >= 4 is 11.9 Å². The number of aliphatic carboxylic acids is 1. The second-order valence-corrected chi connectivity index (χ2v) is 5.93. The molecule has 0 radical (unpaired) electrons. The number of aliphatic hydroxyl groups excluding tert-OH is 1. The van der Waals surface area contributed by atoms with E-state index >= 15 is 0 Å². The number of carbonyl (C=O) groups excluding carboxylic acids is 1. The smallest absolute Gasteiger partial charge is 0.306 e. The first-order valence-electron chi connectivity index (χ1n) is 7.95. The van der Waals surface area contributed by atoms with Crippen LogP contribution in [0.4, 0.5) is 0 Å². The number of carboxylic acid groups (broad SMARTS) is 1. The minimum Gasteiger partial charge on any atom is -0.497 e. The van der Waals surface area contributed by atoms with Crippen LogP contribution in [0.25, 0.3) is 0 Å². The minimum absolute atomic E-state index is 0.0376. The third-order valence-electron chi connectivity index (χ3n) is 4.15. The summed E-state index contributed by atoms with van der Waals surface area (Å²) in [5.41, 5.74) is 0. The highest BCUT2D eigenvalue weighted by Gasteiger charge is 2.33. The summed E-state index contributed by atoms with van der Waals surface area (Å²) in [7, 11) is 1.56. The van der Waals surface area contributed by atoms with Gasteiger partial charge in [0, 0.05) is 18.5 Å². The van der Waals surface area contributed by atoms with Gasteiger partial charge in [-0.1, -0.05) is 6.07 Å². The average molecular weight is 337 g/mol. The van der Waals surface area contributed by atoms with Gasteiger partial charge in [0.25, 0.3) is 0 Å². The summed E-state index contributed by atoms with van der Waals surface area (Å²) in [6, 6.07) is 7.02. The molecular formula is C17H23NO6. The normalized spacial score (nSPS) is 21.1. The van der Waals surface area contributed by atoms with Crippen LogP contribution < -0.4 is 14.8 Å². The maximum atomic E-state index is 12.0. The van der Waals surface area contributed by atoms with Gasteiger partial charge in [-0.25, -0.2) is 0 Å². The van der Waals surface area contributed by atoms with E-state index in [0.717, 1.165) is 0 Å². The van der Waals surface area contributed by atoms with Gasteiger partial charge >= 0.3 is 5.97 Å². The lowest BCUT2D eigenvalue weighted by molar-refractivity contribution is -0.141. The Bertz CT molecular complexity index is 576. The van der Waals surface area contributed by atoms with E-state index in [4.69, 9.17) is 14.6 Å². The summed E-state index contributed by atoms with van der Waals surface area (Å²) in [6.45, 7) is 0.104. The Hall–Kier alpha value is -2.28. The van der Waals surface area contributed by atoms with Gasteiger partial charge in [0.15, 0.2) is 0 Å². The second kappa shape index (κ2) is 8.54. The highest BCUT2D eigenvalue weighted by Crippen LogP contribution is 2.31. The number of ether oxygens (including phenoxy) is 2. The van der Waals surface area contributed by atoms with E-state index < -0.39 is 18.0 Å². The van der Waals surface area contributed by atoms with Gasteiger partial charge in [-0.3, -0.25) is 9.59 Å². The first-order chi connectivity index (χ1) is 11.5. The van der Waals surface area contributed by atoms with E-state index in [0.29, 0.717) is 30.8 Å². The number of hydrogen-bond acceptors (Lipinski definition) is 5. The zero-order chi connectivity index (χ0) is 17.5. The molecule has 1 saturated carbocycles. The monoisotopic (exact) mass is 337 g/mol. The molecule has 1 aliphatic carbocycles. The van der Waals surface area contributed by atoms with E-state index in [2.05, 4.69) is 5.32 Å². The molecule has 0 bridgehead atoms. The summed E-state index contributed by atoms with van der Waals surface area (Å²) in [5.74, 6) is -0.569. The lowest BCUT2D eigenvalue weighted by atomic mass is 10.0. The molecule has 0 heterocycles. The number of benzene rings is 1. The molecule has 1 aromatic rings. The first kappa shape index (κ1) is 18.1. The molecule has 2 rings (SSSR count). The predicted molar refractivity (Wildman–Crippen MR) is 86.0 cm³/mol. The van der Waals surface area contributed by atoms with Crippen LogP contribution in [0.5, 0.6) is 11.5 Å². The van der Waals surface area contributed by atoms with Crippen molar-refractivity contribution in [3.63, 3.8) is 0 Å². The Morgan fingerprint density at radius 1 is 1.29 bits per heavy atom. The van der Waals surface area contributed by atoms with Crippen LogP contribution in [0.1, 0.15) is 19.3 Å². The Morgan fingerprint density at radius 2 is 2.00 bits per heavy atom. The predicted octanol–water partition coefficient (Wildman–Crippen LogP) is 1.05. The van der Waals surface area contributed by atoms with Crippen molar-refractivity contribution in [1.29, 1.82) is 0 Å². The Balaban J connectivity index is 1.70. The third-order valence-corrected chi connectivity index (χ3v) is 4.15. The van der Waals surface area contributed by atoms with Crippen LogP contribution in [-0.2, 0) is 9.59 Å². The van der Waals surface area contributed by atoms with Gasteiger partial charge in [-0.15, -0.1) is 0 Å². The molecular weight excluding hydrogens is 314 g/mol. The first-order valence-corrected chi connectivity index (χ1v) is 7.95. The molecule has 132 valence electrons. The molecule has 0 spiro atoms. The van der Waals surface area contributed by atoms with Gasteiger partial charge < -0.3 is 25.0 Å². The Labute approximate surface area is 140 Å². The lowest BCUT2D eigenvalue weighted by Gasteiger charge is -2.15. The highest BCUT2D eigenvalue weighted by atomic mass is 16.5. The molecule has 3 N–H and O–H groups in total. The highest BCUT2D eigenvalue weighted by molar-refractivity contribution is 5.80. The van der Waals surface area contributed by atoms with Crippen molar-refractivity contribution in [2.75, 3.05) is 20.3 Å². The van der Waals surface area contributed by atoms with Crippen molar-refractivity contribution in [2.45, 2.75) is 25.4 Å². The number of carbonyl (C=O) groups is 2. The SMILES string of the molecule is COc1cccc(OCC(O)CNC(=O)[C@H]2CC[C@@H](C(=O)O)C2)c1. The number of aliphatic hydroxyl groups is 1. The zero-order valence-corrected chi connectivity index (χ0v) is 13.6. The van der Waals surface area contributed by atoms with E-state index in [1.807, 2.05) is 0 Å². The fourth-order valence-electron chi connectivity index (χ4n) is 2.75. The summed E-state index contributed by atoms with van der Waals surface area (Å²) in [5, 5.41) is 21.5. The molecule has 0 saturated heterocycles. The molecule has 7 heteroatoms. The quantitative estimate of drug-likeness (QED) is 0.655. The number of hydrogen-bond donors (Lipinski definition) is 3. The van der Waals surface area contributed by atoms with Gasteiger partial charge in [-0.05, 0) is 31.4 Å². The van der Waals surface area contributed by atoms with Crippen LogP contribution in [0.2, 0.25) is 0 Å². The van der Waals surface area contributed by atoms with Gasteiger partial charge in [0.1, 0.15) is 24.2 Å². The van der Waals surface area contributed by atoms with Crippen molar-refractivity contribution in [2.24, 2.45) is 11.8 Å². The molecule has 24 heavy (non-hydrogen) atoms. The minimum atomic E-state index is -0.850. The number of methoxy groups -OCH3 is 1. The van der Waals surface area contributed by atoms with Gasteiger partial charge in [0.05, 0.1) is 13.0 Å². The fraction of sp³-hybridized carbons (Fsp3) is 0.529. The van der Waals surface area contributed by atoms with Crippen LogP contribution >= 0.6 is 0 Å². The summed E-state index contributed by atoms with van der Waals surface area (Å²) < 4.78 is 10.5. The van der Waals surface area contributed by atoms with Gasteiger partial charge in [-0.2, -0.15) is 0 Å². The third kappa shape index (κ3) is 5.13. The summed E-state index contributed by atoms with van der Waals surface area (Å²) in [6.07, 6.45) is 0.600. The molecule has 1 aromatic carbocycles. The topological polar surface area (TPSA) is 105 Å². The molecule has 1 fully saturated rings. The molecule has 7 nitrogen and oxygen atoms in total. The van der Waals surface area contributed by atoms with E-state index in [1.54, 1.807) is 31.4 Å². The van der Waals surface area contributed by atoms with Crippen LogP contribution in [-0.4, -0.2) is 48.5 Å². The maximum absolute atomic E-state index is 12.0. The standard InChI is InChI=1S/C17H23NO6/c1-23-14-3-2-4-15(8-14)24-10-13(19)9-18-16(20)11-5-6-12(7-11)17(21)22/h2-4,8,11-13,19H,5-7,9-10H2,1H3,(H,18,20)(H,21,22)/t11-,12+,13?/m0/s1. The van der Waals surface area contributed by atoms with E-state index in [-0.39, 0.29) is 25.0 Å². The van der Waals surface area contributed by atoms with Crippen LogP contribution in [0.3, 0.4) is 0 Å². The maximum Gasteiger partial charge on any atom is 0.306 e. The number of nitrogens with one attached hydrogen (secondary N) is 1. The molecule has 1 aliphatic rings. The summed E-state index contributed by atoms with van der Waals surface area (Å²) in [4.78, 5) is 22.9. The molecule has 1 amide bonds. The molecule has 0 aromatic heterocycles. The number of amides is 1. The van der Waals surface area contributed by atoms with Crippen molar-refractivity contribution < 1.29 is 29.3 Å². The van der Waals surface area contributed by atoms with Gasteiger partial charge in [0.2, 0.25) is 5.91 Å². The Morgan fingerprint density at radius 3 is 2.67 bits per heavy atom. The van der Waals surface area contributed by atoms with Crippen molar-refractivity contribution in [3.8, 4) is 11.5 Å². The van der Waals surface area contributed by atoms with E-state index in [1.165, 1.54) is 0 Å². The number of rotatable bonds is 8. The zero-order valence-electron chi connectivity index (χ0n) is 13.6. The van der Waals surface area contributed by atoms with Crippen molar-refractivity contribution in [1.82, 2.24) is 5.32 Å². The Kier molecular flexibility index (Phi) is 6.43. The lowest BCUT2D eigenvalue weighted by Crippen LogP contribution is -2.38. The average Bonchev–Trinajstić information content (AvgIpc) is 3.08. The molecule has 1 unspecified atom stereocenters. The molecule has 3 atom stereocenters. The molecule has 0 aliphatic heterocycles. The number of carboxylic acids is 1. The second-order valence-electron chi connectivity index (χ2n) is 5.93. The van der Waals surface area contributed by atoms with Crippen molar-refractivity contribution in [3.05, 3.63) is 24.3 Å². The largest absolute Gasteiger partial charge is 0.497 e. The summed E-state index contributed by atoms with van der Waals surface area (Å²) >= 11 is 0. The van der Waals surface area contributed by atoms with Crippen LogP contribution in [0, 0.1) is 11.8 Å². The fourth-order valence-corrected chi connectivity index (χ4v) is 2.75. The van der Waals surface area contributed by atoms with E-state index in [9.17, 15) is 14.7 Å². The van der Waals surface area contributed by atoms with Crippen LogP contribution in [0.15, 0.2) is 24.3 Å².